The summed E-state index contributed by atoms with van der Waals surface area (Å²) in [5.41, 5.74) is 0.338. The number of halogens is 1. The van der Waals surface area contributed by atoms with Gasteiger partial charge in [-0.2, -0.15) is 0 Å². The van der Waals surface area contributed by atoms with Gasteiger partial charge in [-0.15, -0.1) is 11.3 Å². The van der Waals surface area contributed by atoms with Gasteiger partial charge < -0.3 is 9.51 Å². The van der Waals surface area contributed by atoms with Crippen LogP contribution in [0.4, 0.5) is 0 Å². The predicted molar refractivity (Wildman–Crippen MR) is 49.9 cm³/mol. The van der Waals surface area contributed by atoms with Gasteiger partial charge in [0.2, 0.25) is 0 Å². The molecule has 1 N–H and O–H groups in total. The van der Waals surface area contributed by atoms with Crippen LogP contribution in [0.25, 0.3) is 4.83 Å². The average molecular weight is 246 g/mol. The minimum atomic E-state index is -0.896. The van der Waals surface area contributed by atoms with Gasteiger partial charge in [-0.1, -0.05) is 0 Å². The van der Waals surface area contributed by atoms with Gasteiger partial charge in [0.05, 0.1) is 4.47 Å². The molecule has 0 atom stereocenters. The zero-order chi connectivity index (χ0) is 8.72. The number of fused-ring (bicyclic) bond motifs is 1. The Bertz CT molecular complexity index is 445. The maximum absolute atomic E-state index is 10.8. The van der Waals surface area contributed by atoms with Gasteiger partial charge in [-0.05, 0) is 15.9 Å². The quantitative estimate of drug-likeness (QED) is 0.839. The second-order valence-electron chi connectivity index (χ2n) is 2.27. The van der Waals surface area contributed by atoms with E-state index in [1.807, 2.05) is 11.6 Å². The third-order valence-electron chi connectivity index (χ3n) is 1.55. The number of hydrogen-bond donors (Lipinski definition) is 1. The largest absolute Gasteiger partial charge is 0.478 e. The molecule has 0 aromatic carbocycles. The second kappa shape index (κ2) is 2.60. The molecule has 0 unspecified atom stereocenters. The Morgan fingerprint density at radius 3 is 3.08 bits per heavy atom. The van der Waals surface area contributed by atoms with Crippen LogP contribution in [0.15, 0.2) is 22.2 Å². The molecule has 2 rings (SSSR count). The van der Waals surface area contributed by atoms with E-state index < -0.39 is 5.97 Å². The van der Waals surface area contributed by atoms with E-state index in [4.69, 9.17) is 5.11 Å². The second-order valence-corrected chi connectivity index (χ2v) is 4.02. The van der Waals surface area contributed by atoms with Gasteiger partial charge in [0.25, 0.3) is 0 Å². The molecule has 3 nitrogen and oxygen atoms in total. The van der Waals surface area contributed by atoms with Gasteiger partial charge in [0, 0.05) is 17.8 Å². The molecule has 0 amide bonds. The highest BCUT2D eigenvalue weighted by Gasteiger charge is 2.15. The molecule has 5 heteroatoms. The number of carbonyl (C=O) groups is 1. The molecule has 0 bridgehead atoms. The minimum Gasteiger partial charge on any atom is -0.478 e. The SMILES string of the molecule is O=C(O)c1c(Br)cn2ccsc12. The summed E-state index contributed by atoms with van der Waals surface area (Å²) < 4.78 is 2.42. The van der Waals surface area contributed by atoms with Crippen molar-refractivity contribution in [1.82, 2.24) is 4.40 Å². The number of nitrogens with zero attached hydrogens (tertiary/aromatic N) is 1. The van der Waals surface area contributed by atoms with Crippen LogP contribution in [0.5, 0.6) is 0 Å². The van der Waals surface area contributed by atoms with E-state index in [0.29, 0.717) is 10.0 Å². The van der Waals surface area contributed by atoms with E-state index >= 15 is 0 Å². The Hall–Kier alpha value is -0.810. The van der Waals surface area contributed by atoms with E-state index in [1.165, 1.54) is 11.3 Å². The minimum absolute atomic E-state index is 0.338. The molecule has 0 fully saturated rings. The lowest BCUT2D eigenvalue weighted by Crippen LogP contribution is -1.94. The fraction of sp³-hybridized carbons (Fsp3) is 0. The molecular formula is C7H4BrNO2S. The van der Waals surface area contributed by atoms with Crippen LogP contribution in [0.1, 0.15) is 10.4 Å². The first kappa shape index (κ1) is 7.82. The van der Waals surface area contributed by atoms with Crippen molar-refractivity contribution < 1.29 is 9.90 Å². The lowest BCUT2D eigenvalue weighted by molar-refractivity contribution is 0.0698. The van der Waals surface area contributed by atoms with E-state index in [0.717, 1.165) is 4.83 Å². The fourth-order valence-corrected chi connectivity index (χ4v) is 2.64. The van der Waals surface area contributed by atoms with Crippen LogP contribution < -0.4 is 0 Å². The molecule has 0 saturated heterocycles. The number of carboxylic acid groups (broad SMARTS) is 1. The number of aromatic carboxylic acids is 1. The highest BCUT2D eigenvalue weighted by Crippen LogP contribution is 2.27. The molecule has 2 heterocycles. The maximum Gasteiger partial charge on any atom is 0.339 e. The van der Waals surface area contributed by atoms with Crippen molar-refractivity contribution in [1.29, 1.82) is 0 Å². The van der Waals surface area contributed by atoms with Gasteiger partial charge >= 0.3 is 5.97 Å². The zero-order valence-electron chi connectivity index (χ0n) is 5.82. The summed E-state index contributed by atoms with van der Waals surface area (Å²) in [5.74, 6) is -0.896. The summed E-state index contributed by atoms with van der Waals surface area (Å²) in [4.78, 5) is 11.5. The first-order valence-electron chi connectivity index (χ1n) is 3.17. The van der Waals surface area contributed by atoms with Crippen molar-refractivity contribution in [3.8, 4) is 0 Å². The molecule has 62 valence electrons. The molecule has 2 aromatic rings. The van der Waals surface area contributed by atoms with E-state index in [1.54, 1.807) is 10.6 Å². The molecule has 0 aliphatic carbocycles. The third kappa shape index (κ3) is 0.971. The number of rotatable bonds is 1. The Balaban J connectivity index is 2.84. The number of carboxylic acids is 1. The summed E-state index contributed by atoms with van der Waals surface area (Å²) in [6.07, 6.45) is 3.58. The van der Waals surface area contributed by atoms with Crippen LogP contribution in [-0.4, -0.2) is 15.5 Å². The summed E-state index contributed by atoms with van der Waals surface area (Å²) in [6, 6.07) is 0. The van der Waals surface area contributed by atoms with Gasteiger partial charge in [-0.25, -0.2) is 4.79 Å². The number of hydrogen-bond acceptors (Lipinski definition) is 2. The van der Waals surface area contributed by atoms with Crippen LogP contribution in [0.3, 0.4) is 0 Å². The van der Waals surface area contributed by atoms with E-state index in [-0.39, 0.29) is 0 Å². The lowest BCUT2D eigenvalue weighted by Gasteiger charge is -1.87. The van der Waals surface area contributed by atoms with Crippen molar-refractivity contribution in [3.05, 3.63) is 27.8 Å². The summed E-state index contributed by atoms with van der Waals surface area (Å²) in [7, 11) is 0. The van der Waals surface area contributed by atoms with Crippen molar-refractivity contribution in [2.75, 3.05) is 0 Å². The van der Waals surface area contributed by atoms with Crippen LogP contribution >= 0.6 is 27.3 Å². The molecule has 0 spiro atoms. The van der Waals surface area contributed by atoms with E-state index in [9.17, 15) is 4.79 Å². The highest BCUT2D eigenvalue weighted by atomic mass is 79.9. The average Bonchev–Trinajstić information content (AvgIpc) is 2.44. The molecule has 12 heavy (non-hydrogen) atoms. The summed E-state index contributed by atoms with van der Waals surface area (Å²) >= 11 is 4.61. The van der Waals surface area contributed by atoms with Crippen molar-refractivity contribution >= 4 is 38.1 Å². The summed E-state index contributed by atoms with van der Waals surface area (Å²) in [5, 5.41) is 10.7. The Morgan fingerprint density at radius 2 is 2.42 bits per heavy atom. The Kier molecular flexibility index (Phi) is 1.69. The zero-order valence-corrected chi connectivity index (χ0v) is 8.22. The topological polar surface area (TPSA) is 41.7 Å². The third-order valence-corrected chi connectivity index (χ3v) is 3.05. The number of aromatic nitrogens is 1. The van der Waals surface area contributed by atoms with Crippen molar-refractivity contribution in [3.63, 3.8) is 0 Å². The van der Waals surface area contributed by atoms with Gasteiger partial charge in [0.1, 0.15) is 10.4 Å². The molecule has 0 aliphatic heterocycles. The molecular weight excluding hydrogens is 242 g/mol. The Labute approximate surface area is 80.4 Å². The standard InChI is InChI=1S/C7H4BrNO2S/c8-4-3-9-1-2-12-6(9)5(4)7(10)11/h1-3H,(H,10,11). The van der Waals surface area contributed by atoms with Crippen LogP contribution in [0.2, 0.25) is 0 Å². The first-order chi connectivity index (χ1) is 5.70. The molecule has 0 radical (unpaired) electrons. The molecule has 0 aliphatic rings. The smallest absolute Gasteiger partial charge is 0.339 e. The van der Waals surface area contributed by atoms with Gasteiger partial charge in [0.15, 0.2) is 0 Å². The normalized spacial score (nSPS) is 10.8. The van der Waals surface area contributed by atoms with Crippen molar-refractivity contribution in [2.24, 2.45) is 0 Å². The predicted octanol–water partition coefficient (Wildman–Crippen LogP) is 2.46. The Morgan fingerprint density at radius 1 is 1.67 bits per heavy atom. The number of thiazole rings is 1. The lowest BCUT2D eigenvalue weighted by atomic mass is 10.3. The highest BCUT2D eigenvalue weighted by molar-refractivity contribution is 9.10. The summed E-state index contributed by atoms with van der Waals surface area (Å²) in [6.45, 7) is 0. The monoisotopic (exact) mass is 245 g/mol. The first-order valence-corrected chi connectivity index (χ1v) is 4.84. The fourth-order valence-electron chi connectivity index (χ4n) is 1.06. The van der Waals surface area contributed by atoms with Crippen LogP contribution in [0, 0.1) is 0 Å². The van der Waals surface area contributed by atoms with Crippen LogP contribution in [-0.2, 0) is 0 Å². The van der Waals surface area contributed by atoms with Crippen molar-refractivity contribution in [2.45, 2.75) is 0 Å². The maximum atomic E-state index is 10.8. The van der Waals surface area contributed by atoms with Gasteiger partial charge in [-0.3, -0.25) is 0 Å². The van der Waals surface area contributed by atoms with E-state index in [2.05, 4.69) is 15.9 Å². The molecule has 0 saturated carbocycles. The molecule has 2 aromatic heterocycles.